The standard InChI is InChI=1S/C28H31O7P.2C4H11NO2/c1-15(2)20-13-23(17(5)11-25(20)29)28(22-10-8-7-9-19(22)27(30)34-28)24-14-21(16(3)4)26(12-18(24)6)35-36(31,32)33;2*1-4(5,2-6)3-7/h7-16,29H,1-6H3,(H2,31,32,33);2*6-7H,2-3,5H2,1H3. The van der Waals surface area contributed by atoms with E-state index in [9.17, 15) is 24.3 Å². The summed E-state index contributed by atoms with van der Waals surface area (Å²) in [5, 5.41) is 43.9. The highest BCUT2D eigenvalue weighted by atomic mass is 31.2. The smallest absolute Gasteiger partial charge is 0.508 e. The summed E-state index contributed by atoms with van der Waals surface area (Å²) in [6.45, 7) is 13.8. The molecule has 0 saturated carbocycles. The van der Waals surface area contributed by atoms with Crippen molar-refractivity contribution in [3.63, 3.8) is 0 Å². The Hall–Kier alpha value is -3.36. The number of benzene rings is 3. The zero-order valence-electron chi connectivity index (χ0n) is 30.0. The average molecular weight is 721 g/mol. The first kappa shape index (κ1) is 42.8. The molecule has 1 heterocycles. The largest absolute Gasteiger partial charge is 0.524 e. The number of phosphoric acid groups is 1. The van der Waals surface area contributed by atoms with Gasteiger partial charge in [0.2, 0.25) is 0 Å². The van der Waals surface area contributed by atoms with E-state index in [2.05, 4.69) is 0 Å². The molecule has 1 atom stereocenters. The van der Waals surface area contributed by atoms with Gasteiger partial charge in [0.1, 0.15) is 11.5 Å². The average Bonchev–Trinajstić information content (AvgIpc) is 3.33. The van der Waals surface area contributed by atoms with Gasteiger partial charge in [0.15, 0.2) is 5.60 Å². The highest BCUT2D eigenvalue weighted by molar-refractivity contribution is 7.46. The number of hydrogen-bond acceptors (Lipinski definition) is 11. The number of aromatic hydroxyl groups is 1. The molecule has 0 spiro atoms. The van der Waals surface area contributed by atoms with E-state index in [1.807, 2.05) is 58.9 Å². The van der Waals surface area contributed by atoms with Crippen molar-refractivity contribution >= 4 is 13.8 Å². The predicted octanol–water partition coefficient (Wildman–Crippen LogP) is 3.57. The Morgan fingerprint density at radius 3 is 1.64 bits per heavy atom. The minimum Gasteiger partial charge on any atom is -0.508 e. The van der Waals surface area contributed by atoms with Crippen LogP contribution < -0.4 is 16.0 Å². The Morgan fingerprint density at radius 1 is 0.780 bits per heavy atom. The van der Waals surface area contributed by atoms with Crippen molar-refractivity contribution in [1.82, 2.24) is 0 Å². The lowest BCUT2D eigenvalue weighted by molar-refractivity contribution is 0.0247. The highest BCUT2D eigenvalue weighted by Crippen LogP contribution is 2.52. The second-order valence-electron chi connectivity index (χ2n) is 13.9. The van der Waals surface area contributed by atoms with Crippen LogP contribution in [0.3, 0.4) is 0 Å². The number of hydrogen-bond donors (Lipinski definition) is 9. The number of aryl methyl sites for hydroxylation is 2. The molecule has 1 aliphatic rings. The SMILES string of the molecule is CC(N)(CO)CO.CC(N)(CO)CO.Cc1cc(O)c(C(C)C)cc1C1(c2cc(C(C)C)c(OP(=O)(O)O)cc2C)OC(=O)c2ccccc21. The molecule has 0 aromatic heterocycles. The maximum atomic E-state index is 13.2. The quantitative estimate of drug-likeness (QED) is 0.108. The number of aliphatic hydroxyl groups is 4. The molecule has 4 rings (SSSR count). The van der Waals surface area contributed by atoms with E-state index < -0.39 is 30.5 Å². The number of phenolic OH excluding ortho intramolecular Hbond substituents is 1. The Labute approximate surface area is 293 Å². The molecule has 3 aromatic rings. The number of phosphoric ester groups is 1. The number of phenols is 1. The summed E-state index contributed by atoms with van der Waals surface area (Å²) in [5.74, 6) is -0.352. The van der Waals surface area contributed by atoms with E-state index in [1.165, 1.54) is 0 Å². The van der Waals surface area contributed by atoms with Crippen LogP contribution in [0.25, 0.3) is 0 Å². The fourth-order valence-corrected chi connectivity index (χ4v) is 5.56. The summed E-state index contributed by atoms with van der Waals surface area (Å²) in [7, 11) is -4.80. The van der Waals surface area contributed by atoms with Crippen molar-refractivity contribution in [2.24, 2.45) is 11.5 Å². The van der Waals surface area contributed by atoms with Crippen molar-refractivity contribution < 1.29 is 53.9 Å². The van der Waals surface area contributed by atoms with Gasteiger partial charge in [-0.2, -0.15) is 0 Å². The maximum absolute atomic E-state index is 13.2. The Bertz CT molecular complexity index is 1660. The Kier molecular flexibility index (Phi) is 14.4. The third-order valence-electron chi connectivity index (χ3n) is 8.17. The van der Waals surface area contributed by atoms with E-state index in [-0.39, 0.29) is 49.8 Å². The van der Waals surface area contributed by atoms with Gasteiger partial charge in [0.05, 0.1) is 43.1 Å². The molecule has 0 radical (unpaired) electrons. The van der Waals surface area contributed by atoms with Crippen molar-refractivity contribution in [3.8, 4) is 11.5 Å². The zero-order chi connectivity index (χ0) is 38.4. The van der Waals surface area contributed by atoms with Crippen LogP contribution in [0.4, 0.5) is 0 Å². The second-order valence-corrected chi connectivity index (χ2v) is 15.0. The molecule has 0 saturated heterocycles. The van der Waals surface area contributed by atoms with Crippen molar-refractivity contribution in [2.45, 2.75) is 83.9 Å². The molecule has 0 bridgehead atoms. The van der Waals surface area contributed by atoms with E-state index in [4.69, 9.17) is 41.2 Å². The molecule has 14 heteroatoms. The van der Waals surface area contributed by atoms with E-state index in [0.717, 1.165) is 11.1 Å². The second kappa shape index (κ2) is 16.8. The molecule has 1 aliphatic heterocycles. The van der Waals surface area contributed by atoms with Crippen LogP contribution in [-0.2, 0) is 14.9 Å². The summed E-state index contributed by atoms with van der Waals surface area (Å²) in [5.41, 5.74) is 12.6. The number of carbonyl (C=O) groups is 1. The zero-order valence-corrected chi connectivity index (χ0v) is 30.9. The summed E-state index contributed by atoms with van der Waals surface area (Å²) >= 11 is 0. The summed E-state index contributed by atoms with van der Waals surface area (Å²) in [6, 6.07) is 14.2. The van der Waals surface area contributed by atoms with Gasteiger partial charge in [0.25, 0.3) is 0 Å². The van der Waals surface area contributed by atoms with Gasteiger partial charge in [-0.05, 0) is 92.1 Å². The first-order valence-electron chi connectivity index (χ1n) is 16.1. The fraction of sp³-hybridized carbons (Fsp3) is 0.472. The van der Waals surface area contributed by atoms with Gasteiger partial charge in [-0.3, -0.25) is 9.79 Å². The lowest BCUT2D eigenvalue weighted by Crippen LogP contribution is -2.43. The van der Waals surface area contributed by atoms with Gasteiger partial charge >= 0.3 is 13.8 Å². The van der Waals surface area contributed by atoms with Crippen LogP contribution in [0.2, 0.25) is 0 Å². The van der Waals surface area contributed by atoms with Crippen LogP contribution in [0.5, 0.6) is 11.5 Å². The number of nitrogens with two attached hydrogens (primary N) is 2. The van der Waals surface area contributed by atoms with Crippen LogP contribution >= 0.6 is 7.82 Å². The number of aliphatic hydroxyl groups excluding tert-OH is 4. The van der Waals surface area contributed by atoms with Crippen molar-refractivity contribution in [1.29, 1.82) is 0 Å². The topological polar surface area (TPSA) is 246 Å². The number of fused-ring (bicyclic) bond motifs is 1. The molecular weight excluding hydrogens is 667 g/mol. The van der Waals surface area contributed by atoms with Gasteiger partial charge in [-0.1, -0.05) is 45.9 Å². The summed E-state index contributed by atoms with van der Waals surface area (Å²) in [4.78, 5) is 32.2. The third kappa shape index (κ3) is 10.1. The molecular formula is C36H53N2O11P. The lowest BCUT2D eigenvalue weighted by Gasteiger charge is -2.34. The van der Waals surface area contributed by atoms with Gasteiger partial charge in [0, 0.05) is 16.7 Å². The third-order valence-corrected chi connectivity index (χ3v) is 8.60. The Balaban J connectivity index is 0.000000521. The highest BCUT2D eigenvalue weighted by Gasteiger charge is 2.50. The minimum atomic E-state index is -4.80. The monoisotopic (exact) mass is 720 g/mol. The van der Waals surface area contributed by atoms with Crippen molar-refractivity contribution in [3.05, 3.63) is 93.0 Å². The van der Waals surface area contributed by atoms with Crippen LogP contribution in [-0.4, -0.2) is 78.8 Å². The van der Waals surface area contributed by atoms with Crippen LogP contribution in [0.1, 0.15) is 103 Å². The van der Waals surface area contributed by atoms with E-state index in [1.54, 1.807) is 45.0 Å². The van der Waals surface area contributed by atoms with Gasteiger partial charge in [-0.15, -0.1) is 0 Å². The number of cyclic esters (lactones) is 1. The predicted molar refractivity (Wildman–Crippen MR) is 190 cm³/mol. The minimum absolute atomic E-state index is 0.0140. The van der Waals surface area contributed by atoms with E-state index in [0.29, 0.717) is 33.4 Å². The molecule has 3 aromatic carbocycles. The fourth-order valence-electron chi connectivity index (χ4n) is 5.15. The van der Waals surface area contributed by atoms with Gasteiger partial charge < -0.3 is 46.3 Å². The molecule has 11 N–H and O–H groups in total. The Morgan fingerprint density at radius 2 is 1.22 bits per heavy atom. The van der Waals surface area contributed by atoms with Crippen LogP contribution in [0.15, 0.2) is 48.5 Å². The normalized spacial score (nSPS) is 15.9. The molecule has 0 aliphatic carbocycles. The van der Waals surface area contributed by atoms with Crippen molar-refractivity contribution in [2.75, 3.05) is 26.4 Å². The summed E-state index contributed by atoms with van der Waals surface area (Å²) in [6.07, 6.45) is 0. The number of esters is 1. The summed E-state index contributed by atoms with van der Waals surface area (Å²) < 4.78 is 23.0. The number of ether oxygens (including phenoxy) is 1. The first-order chi connectivity index (χ1) is 23.0. The maximum Gasteiger partial charge on any atom is 0.524 e. The molecule has 13 nitrogen and oxygen atoms in total. The molecule has 0 fully saturated rings. The lowest BCUT2D eigenvalue weighted by atomic mass is 9.74. The molecule has 0 amide bonds. The molecule has 1 unspecified atom stereocenters. The first-order valence-corrected chi connectivity index (χ1v) is 17.6. The van der Waals surface area contributed by atoms with E-state index >= 15 is 0 Å². The van der Waals surface area contributed by atoms with Gasteiger partial charge in [-0.25, -0.2) is 9.36 Å². The molecule has 50 heavy (non-hydrogen) atoms. The molecule has 278 valence electrons. The van der Waals surface area contributed by atoms with Crippen LogP contribution in [0, 0.1) is 13.8 Å². The number of rotatable bonds is 10. The number of carbonyl (C=O) groups excluding carboxylic acids is 1.